The Balaban J connectivity index is 2.70. The van der Waals surface area contributed by atoms with Gasteiger partial charge in [-0.1, -0.05) is 0 Å². The number of ether oxygens (including phenoxy) is 2. The Bertz CT molecular complexity index is 459. The lowest BCUT2D eigenvalue weighted by Gasteiger charge is -2.41. The van der Waals surface area contributed by atoms with Gasteiger partial charge in [-0.25, -0.2) is 9.59 Å². The van der Waals surface area contributed by atoms with Gasteiger partial charge in [-0.2, -0.15) is 0 Å². The molecule has 1 aliphatic heterocycles. The van der Waals surface area contributed by atoms with Gasteiger partial charge in [-0.15, -0.1) is 0 Å². The van der Waals surface area contributed by atoms with Crippen molar-refractivity contribution in [1.29, 1.82) is 0 Å². The zero-order chi connectivity index (χ0) is 17.1. The molecule has 2 N–H and O–H groups in total. The summed E-state index contributed by atoms with van der Waals surface area (Å²) in [5.74, 6) is -1.29. The summed E-state index contributed by atoms with van der Waals surface area (Å²) in [6, 6.07) is -0.717. The molecule has 1 aliphatic rings. The second kappa shape index (κ2) is 6.51. The zero-order valence-electron chi connectivity index (χ0n) is 13.6. The summed E-state index contributed by atoms with van der Waals surface area (Å²) in [4.78, 5) is 37.1. The minimum absolute atomic E-state index is 0.404. The summed E-state index contributed by atoms with van der Waals surface area (Å²) < 4.78 is 9.77. The summed E-state index contributed by atoms with van der Waals surface area (Å²) in [5.41, 5.74) is -2.19. The average Bonchev–Trinajstić information content (AvgIpc) is 2.33. The highest BCUT2D eigenvalue weighted by molar-refractivity contribution is 5.92. The van der Waals surface area contributed by atoms with Crippen molar-refractivity contribution < 1.29 is 29.0 Å². The van der Waals surface area contributed by atoms with Gasteiger partial charge in [0, 0.05) is 6.54 Å². The van der Waals surface area contributed by atoms with E-state index in [-0.39, 0.29) is 0 Å². The van der Waals surface area contributed by atoms with Gasteiger partial charge in [-0.3, -0.25) is 9.69 Å². The molecule has 0 aliphatic carbocycles. The van der Waals surface area contributed by atoms with Crippen LogP contribution in [0.5, 0.6) is 0 Å². The monoisotopic (exact) mass is 316 g/mol. The average molecular weight is 316 g/mol. The highest BCUT2D eigenvalue weighted by Crippen LogP contribution is 2.22. The van der Waals surface area contributed by atoms with Crippen molar-refractivity contribution in [2.75, 3.05) is 20.3 Å². The molecule has 2 amide bonds. The molecule has 0 radical (unpaired) electrons. The molecule has 1 unspecified atom stereocenters. The van der Waals surface area contributed by atoms with Crippen molar-refractivity contribution in [2.24, 2.45) is 0 Å². The number of amides is 2. The summed E-state index contributed by atoms with van der Waals surface area (Å²) in [6.07, 6.45) is -0.115. The van der Waals surface area contributed by atoms with Crippen LogP contribution in [-0.2, 0) is 19.1 Å². The van der Waals surface area contributed by atoms with Crippen LogP contribution in [0.4, 0.5) is 4.79 Å². The fourth-order valence-electron chi connectivity index (χ4n) is 1.93. The second-order valence-corrected chi connectivity index (χ2v) is 6.45. The number of likely N-dealkylation sites (tertiary alicyclic amines) is 1. The maximum atomic E-state index is 12.2. The fraction of sp³-hybridized carbons (Fsp3) is 0.786. The van der Waals surface area contributed by atoms with Crippen molar-refractivity contribution >= 4 is 18.0 Å². The number of hydrogen-bond donors (Lipinski definition) is 2. The number of rotatable bonds is 4. The summed E-state index contributed by atoms with van der Waals surface area (Å²) in [6.45, 7) is 6.36. The lowest BCUT2D eigenvalue weighted by Crippen LogP contribution is -2.64. The van der Waals surface area contributed by atoms with E-state index < -0.39 is 41.8 Å². The number of hydrogen-bond acceptors (Lipinski definition) is 6. The van der Waals surface area contributed by atoms with E-state index in [2.05, 4.69) is 10.1 Å². The van der Waals surface area contributed by atoms with Crippen LogP contribution in [0.2, 0.25) is 0 Å². The molecule has 1 rings (SSSR count). The molecule has 2 atom stereocenters. The minimum atomic E-state index is -1.54. The first-order valence-electron chi connectivity index (χ1n) is 7.05. The van der Waals surface area contributed by atoms with Crippen LogP contribution in [0.25, 0.3) is 0 Å². The minimum Gasteiger partial charge on any atom is -0.467 e. The van der Waals surface area contributed by atoms with Crippen molar-refractivity contribution in [3.05, 3.63) is 0 Å². The van der Waals surface area contributed by atoms with Gasteiger partial charge in [0.1, 0.15) is 11.6 Å². The number of aliphatic hydroxyl groups is 1. The van der Waals surface area contributed by atoms with Gasteiger partial charge in [0.15, 0.2) is 5.54 Å². The first-order chi connectivity index (χ1) is 10.0. The third kappa shape index (κ3) is 4.09. The maximum absolute atomic E-state index is 12.2. The number of aliphatic hydroxyl groups excluding tert-OH is 1. The van der Waals surface area contributed by atoms with E-state index in [4.69, 9.17) is 4.74 Å². The number of carbonyl (C=O) groups excluding carboxylic acids is 3. The Kier molecular flexibility index (Phi) is 5.39. The molecule has 1 saturated heterocycles. The van der Waals surface area contributed by atoms with Gasteiger partial charge < -0.3 is 19.9 Å². The molecular weight excluding hydrogens is 292 g/mol. The quantitative estimate of drug-likeness (QED) is 0.709. The molecule has 0 bridgehead atoms. The highest BCUT2D eigenvalue weighted by atomic mass is 16.6. The summed E-state index contributed by atoms with van der Waals surface area (Å²) in [5, 5.41) is 11.7. The maximum Gasteiger partial charge on any atom is 0.410 e. The number of esters is 1. The Morgan fingerprint density at radius 3 is 2.23 bits per heavy atom. The van der Waals surface area contributed by atoms with Crippen LogP contribution in [-0.4, -0.2) is 65.4 Å². The van der Waals surface area contributed by atoms with E-state index in [9.17, 15) is 19.5 Å². The van der Waals surface area contributed by atoms with Crippen molar-refractivity contribution in [3.63, 3.8) is 0 Å². The first-order valence-corrected chi connectivity index (χ1v) is 7.05. The smallest absolute Gasteiger partial charge is 0.410 e. The molecule has 22 heavy (non-hydrogen) atoms. The Labute approximate surface area is 129 Å². The van der Waals surface area contributed by atoms with Crippen LogP contribution in [0.1, 0.15) is 34.1 Å². The van der Waals surface area contributed by atoms with Crippen LogP contribution in [0, 0.1) is 0 Å². The topological polar surface area (TPSA) is 105 Å². The van der Waals surface area contributed by atoms with Gasteiger partial charge >= 0.3 is 12.1 Å². The van der Waals surface area contributed by atoms with Gasteiger partial charge in [-0.05, 0) is 34.1 Å². The van der Waals surface area contributed by atoms with E-state index in [0.29, 0.717) is 13.0 Å². The largest absolute Gasteiger partial charge is 0.467 e. The molecule has 0 saturated carbocycles. The van der Waals surface area contributed by atoms with Gasteiger partial charge in [0.2, 0.25) is 5.91 Å². The number of nitrogens with zero attached hydrogens (tertiary/aromatic N) is 1. The molecule has 1 fully saturated rings. The molecule has 1 heterocycles. The molecule has 0 aromatic carbocycles. The second-order valence-electron chi connectivity index (χ2n) is 6.45. The lowest BCUT2D eigenvalue weighted by atomic mass is 9.99. The van der Waals surface area contributed by atoms with Crippen molar-refractivity contribution in [3.8, 4) is 0 Å². The molecule has 0 spiro atoms. The van der Waals surface area contributed by atoms with Gasteiger partial charge in [0.25, 0.3) is 0 Å². The third-order valence-corrected chi connectivity index (χ3v) is 3.30. The molecule has 0 aromatic rings. The van der Waals surface area contributed by atoms with Crippen LogP contribution in [0.3, 0.4) is 0 Å². The zero-order valence-corrected chi connectivity index (χ0v) is 13.6. The molecular formula is C14H24N2O6. The molecule has 8 nitrogen and oxygen atoms in total. The van der Waals surface area contributed by atoms with Crippen LogP contribution in [0.15, 0.2) is 0 Å². The Morgan fingerprint density at radius 2 is 1.86 bits per heavy atom. The van der Waals surface area contributed by atoms with E-state index in [0.717, 1.165) is 0 Å². The Hall–Kier alpha value is -1.83. The number of methoxy groups -OCH3 is 1. The van der Waals surface area contributed by atoms with Crippen LogP contribution >= 0.6 is 0 Å². The molecule has 8 heteroatoms. The normalized spacial score (nSPS) is 20.5. The standard InChI is InChI=1S/C14H24N2O6/c1-13(2,3)22-12(20)16-7-6-9(16)10(18)15-14(4,8-17)11(19)21-5/h9,17H,6-8H2,1-5H3,(H,15,18)/t9-,14?/m1/s1. The molecule has 0 aromatic heterocycles. The van der Waals surface area contributed by atoms with Crippen molar-refractivity contribution in [2.45, 2.75) is 51.3 Å². The molecule has 126 valence electrons. The Morgan fingerprint density at radius 1 is 1.27 bits per heavy atom. The van der Waals surface area contributed by atoms with E-state index in [1.165, 1.54) is 18.9 Å². The van der Waals surface area contributed by atoms with Crippen LogP contribution < -0.4 is 5.32 Å². The fourth-order valence-corrected chi connectivity index (χ4v) is 1.93. The van der Waals surface area contributed by atoms with Gasteiger partial charge in [0.05, 0.1) is 13.7 Å². The van der Waals surface area contributed by atoms with E-state index in [1.807, 2.05) is 0 Å². The lowest BCUT2D eigenvalue weighted by molar-refractivity contribution is -0.153. The number of nitrogens with one attached hydrogen (secondary N) is 1. The first kappa shape index (κ1) is 18.2. The van der Waals surface area contributed by atoms with E-state index in [1.54, 1.807) is 20.8 Å². The number of carbonyl (C=O) groups is 3. The predicted octanol–water partition coefficient (Wildman–Crippen LogP) is 0.0360. The predicted molar refractivity (Wildman–Crippen MR) is 77.0 cm³/mol. The summed E-state index contributed by atoms with van der Waals surface area (Å²) in [7, 11) is 1.17. The van der Waals surface area contributed by atoms with E-state index >= 15 is 0 Å². The highest BCUT2D eigenvalue weighted by Gasteiger charge is 2.44. The third-order valence-electron chi connectivity index (χ3n) is 3.30. The SMILES string of the molecule is COC(=O)C(C)(CO)NC(=O)[C@H]1CCN1C(=O)OC(C)(C)C. The van der Waals surface area contributed by atoms with Crippen molar-refractivity contribution in [1.82, 2.24) is 10.2 Å². The summed E-state index contributed by atoms with van der Waals surface area (Å²) >= 11 is 0.